The van der Waals surface area contributed by atoms with E-state index in [9.17, 15) is 34.2 Å². The molecule has 2 unspecified atom stereocenters. The molecular formula is C26H37N5O8S2. The Bertz CT molecular complexity index is 1200. The molecule has 0 aliphatic rings. The summed E-state index contributed by atoms with van der Waals surface area (Å²) in [5.74, 6) is -1.57. The third-order valence-electron chi connectivity index (χ3n) is 6.04. The van der Waals surface area contributed by atoms with Gasteiger partial charge in [0.15, 0.2) is 0 Å². The van der Waals surface area contributed by atoms with Gasteiger partial charge in [-0.05, 0) is 24.6 Å². The summed E-state index contributed by atoms with van der Waals surface area (Å²) in [6.45, 7) is 3.64. The molecule has 0 radical (unpaired) electrons. The van der Waals surface area contributed by atoms with Gasteiger partial charge in [-0.3, -0.25) is 14.4 Å². The third-order valence-corrected chi connectivity index (χ3v) is 8.13. The number of rotatable bonds is 19. The Hall–Kier alpha value is -3.46. The molecule has 2 atom stereocenters. The van der Waals surface area contributed by atoms with Crippen molar-refractivity contribution in [3.05, 3.63) is 24.0 Å². The SMILES string of the molecule is CC(=O)NC(CSCCN(CCSCC(NC(C)=O)C(=O)O)c1ccc2c(c1)nc(CCCC(=O)O)n2C)C(=O)O. The van der Waals surface area contributed by atoms with E-state index in [0.717, 1.165) is 22.5 Å². The van der Waals surface area contributed by atoms with Gasteiger partial charge < -0.3 is 35.4 Å². The Kier molecular flexibility index (Phi) is 13.8. The summed E-state index contributed by atoms with van der Waals surface area (Å²) in [5, 5.41) is 32.5. The molecule has 2 amide bonds. The summed E-state index contributed by atoms with van der Waals surface area (Å²) in [6.07, 6.45) is 1.07. The van der Waals surface area contributed by atoms with Gasteiger partial charge in [0, 0.05) is 75.5 Å². The number of aromatic nitrogens is 2. The van der Waals surface area contributed by atoms with E-state index in [-0.39, 0.29) is 17.9 Å². The van der Waals surface area contributed by atoms with Crippen molar-refractivity contribution in [1.82, 2.24) is 20.2 Å². The lowest BCUT2D eigenvalue weighted by Crippen LogP contribution is -2.42. The number of imidazole rings is 1. The highest BCUT2D eigenvalue weighted by atomic mass is 32.2. The molecule has 0 fully saturated rings. The molecule has 13 nitrogen and oxygen atoms in total. The van der Waals surface area contributed by atoms with Crippen LogP contribution >= 0.6 is 23.5 Å². The molecule has 41 heavy (non-hydrogen) atoms. The summed E-state index contributed by atoms with van der Waals surface area (Å²) in [6, 6.07) is 3.86. The second-order valence-corrected chi connectivity index (χ2v) is 11.6. The van der Waals surface area contributed by atoms with Gasteiger partial charge in [0.2, 0.25) is 11.8 Å². The van der Waals surface area contributed by atoms with Gasteiger partial charge in [0.1, 0.15) is 17.9 Å². The molecule has 5 N–H and O–H groups in total. The number of carboxylic acids is 3. The van der Waals surface area contributed by atoms with E-state index >= 15 is 0 Å². The number of amides is 2. The van der Waals surface area contributed by atoms with Crippen molar-refractivity contribution in [3.8, 4) is 0 Å². The average Bonchev–Trinajstić information content (AvgIpc) is 3.19. The molecule has 15 heteroatoms. The van der Waals surface area contributed by atoms with Crippen LogP contribution in [0.5, 0.6) is 0 Å². The standard InChI is InChI=1S/C26H37N5O8S2/c1-16(32)27-20(25(36)37)14-40-11-9-31(10-12-41-15-21(26(38)39)28-17(2)33)18-7-8-22-19(13-18)29-23(30(22)3)5-4-6-24(34)35/h7-8,13,20-21H,4-6,9-12,14-15H2,1-3H3,(H,27,32)(H,28,33)(H,34,35)(H,36,37)(H,38,39). The average molecular weight is 612 g/mol. The predicted octanol–water partition coefficient (Wildman–Crippen LogP) is 1.43. The maximum atomic E-state index is 11.4. The highest BCUT2D eigenvalue weighted by molar-refractivity contribution is 7.99. The Labute approximate surface area is 246 Å². The normalized spacial score (nSPS) is 12.5. The van der Waals surface area contributed by atoms with E-state index in [1.54, 1.807) is 0 Å². The molecule has 0 aliphatic heterocycles. The quantitative estimate of drug-likeness (QED) is 0.144. The van der Waals surface area contributed by atoms with Crippen LogP contribution < -0.4 is 15.5 Å². The van der Waals surface area contributed by atoms with Gasteiger partial charge in [0.05, 0.1) is 11.0 Å². The second-order valence-electron chi connectivity index (χ2n) is 9.33. The lowest BCUT2D eigenvalue weighted by Gasteiger charge is -2.25. The maximum Gasteiger partial charge on any atom is 0.327 e. The first kappa shape index (κ1) is 33.7. The van der Waals surface area contributed by atoms with Crippen LogP contribution in [0.4, 0.5) is 5.69 Å². The molecule has 1 aromatic heterocycles. The minimum atomic E-state index is -1.10. The topological polar surface area (TPSA) is 191 Å². The number of carbonyl (C=O) groups excluding carboxylic acids is 2. The lowest BCUT2D eigenvalue weighted by atomic mass is 10.2. The molecule has 0 saturated heterocycles. The molecule has 0 aliphatic carbocycles. The zero-order valence-corrected chi connectivity index (χ0v) is 24.9. The van der Waals surface area contributed by atoms with E-state index in [0.29, 0.717) is 37.4 Å². The number of nitrogens with zero attached hydrogens (tertiary/aromatic N) is 3. The maximum absolute atomic E-state index is 11.4. The fourth-order valence-corrected chi connectivity index (χ4v) is 5.97. The first-order chi connectivity index (χ1) is 19.4. The number of benzene rings is 1. The summed E-state index contributed by atoms with van der Waals surface area (Å²) in [7, 11) is 1.89. The Morgan fingerprint density at radius 1 is 0.927 bits per heavy atom. The molecule has 226 valence electrons. The van der Waals surface area contributed by atoms with Crippen molar-refractivity contribution in [1.29, 1.82) is 0 Å². The largest absolute Gasteiger partial charge is 0.481 e. The minimum absolute atomic E-state index is 0.0624. The second kappa shape index (κ2) is 16.7. The van der Waals surface area contributed by atoms with E-state index < -0.39 is 41.8 Å². The van der Waals surface area contributed by atoms with Gasteiger partial charge in [0.25, 0.3) is 0 Å². The van der Waals surface area contributed by atoms with Crippen LogP contribution in [0.2, 0.25) is 0 Å². The Balaban J connectivity index is 2.13. The van der Waals surface area contributed by atoms with Crippen molar-refractivity contribution in [3.63, 3.8) is 0 Å². The first-order valence-corrected chi connectivity index (χ1v) is 15.3. The number of hydrogen-bond acceptors (Lipinski definition) is 9. The fourth-order valence-electron chi connectivity index (χ4n) is 4.02. The highest BCUT2D eigenvalue weighted by Crippen LogP contribution is 2.24. The van der Waals surface area contributed by atoms with Gasteiger partial charge in [-0.2, -0.15) is 23.5 Å². The Morgan fingerprint density at radius 2 is 1.46 bits per heavy atom. The van der Waals surface area contributed by atoms with Crippen molar-refractivity contribution < 1.29 is 39.3 Å². The smallest absolute Gasteiger partial charge is 0.327 e. The van der Waals surface area contributed by atoms with Gasteiger partial charge in [-0.25, -0.2) is 14.6 Å². The zero-order chi connectivity index (χ0) is 30.5. The number of aryl methyl sites for hydroxylation is 2. The van der Waals surface area contributed by atoms with Crippen LogP contribution in [0, 0.1) is 0 Å². The van der Waals surface area contributed by atoms with Gasteiger partial charge in [-0.15, -0.1) is 0 Å². The molecule has 2 aromatic rings. The van der Waals surface area contributed by atoms with Crippen LogP contribution in [0.15, 0.2) is 18.2 Å². The van der Waals surface area contributed by atoms with Crippen LogP contribution in [-0.2, 0) is 37.4 Å². The predicted molar refractivity (Wildman–Crippen MR) is 159 cm³/mol. The van der Waals surface area contributed by atoms with Crippen molar-refractivity contribution >= 4 is 70.0 Å². The van der Waals surface area contributed by atoms with Crippen LogP contribution in [0.3, 0.4) is 0 Å². The third kappa shape index (κ3) is 11.5. The van der Waals surface area contributed by atoms with E-state index in [2.05, 4.69) is 15.5 Å². The number of carbonyl (C=O) groups is 5. The van der Waals surface area contributed by atoms with Crippen molar-refractivity contribution in [2.45, 2.75) is 45.2 Å². The van der Waals surface area contributed by atoms with Crippen LogP contribution in [0.25, 0.3) is 11.0 Å². The molecule has 1 aromatic carbocycles. The van der Waals surface area contributed by atoms with Crippen LogP contribution in [-0.4, -0.2) is 103 Å². The highest BCUT2D eigenvalue weighted by Gasteiger charge is 2.20. The lowest BCUT2D eigenvalue weighted by molar-refractivity contribution is -0.141. The van der Waals surface area contributed by atoms with Gasteiger partial charge >= 0.3 is 17.9 Å². The number of hydrogen-bond donors (Lipinski definition) is 5. The van der Waals surface area contributed by atoms with Gasteiger partial charge in [-0.1, -0.05) is 0 Å². The van der Waals surface area contributed by atoms with E-state index in [1.165, 1.54) is 37.4 Å². The minimum Gasteiger partial charge on any atom is -0.481 e. The number of fused-ring (bicyclic) bond motifs is 1. The Morgan fingerprint density at radius 3 is 1.93 bits per heavy atom. The molecule has 1 heterocycles. The molecule has 0 spiro atoms. The summed E-state index contributed by atoms with van der Waals surface area (Å²) in [5.41, 5.74) is 2.54. The first-order valence-electron chi connectivity index (χ1n) is 13.0. The fraction of sp³-hybridized carbons (Fsp3) is 0.538. The summed E-state index contributed by atoms with van der Waals surface area (Å²) < 4.78 is 1.94. The summed E-state index contributed by atoms with van der Waals surface area (Å²) in [4.78, 5) is 63.2. The zero-order valence-electron chi connectivity index (χ0n) is 23.3. The van der Waals surface area contributed by atoms with E-state index in [1.807, 2.05) is 29.8 Å². The summed E-state index contributed by atoms with van der Waals surface area (Å²) >= 11 is 2.79. The van der Waals surface area contributed by atoms with Crippen LogP contribution in [0.1, 0.15) is 32.5 Å². The number of nitrogens with one attached hydrogen (secondary N) is 2. The monoisotopic (exact) mass is 611 g/mol. The van der Waals surface area contributed by atoms with Crippen molar-refractivity contribution in [2.75, 3.05) is 41.0 Å². The molecule has 0 bridgehead atoms. The number of aliphatic carboxylic acids is 3. The number of anilines is 1. The van der Waals surface area contributed by atoms with E-state index in [4.69, 9.17) is 10.1 Å². The molecular weight excluding hydrogens is 574 g/mol. The molecule has 0 saturated carbocycles. The van der Waals surface area contributed by atoms with Crippen molar-refractivity contribution in [2.24, 2.45) is 7.05 Å². The molecule has 2 rings (SSSR count). The number of thioether (sulfide) groups is 2. The number of carboxylic acid groups (broad SMARTS) is 3.